The van der Waals surface area contributed by atoms with E-state index in [1.807, 2.05) is 31.2 Å². The van der Waals surface area contributed by atoms with Crippen LogP contribution in [0.1, 0.15) is 18.4 Å². The molecular formula is C10H9. The summed E-state index contributed by atoms with van der Waals surface area (Å²) < 4.78 is 0. The van der Waals surface area contributed by atoms with Crippen molar-refractivity contribution in [1.29, 1.82) is 0 Å². The van der Waals surface area contributed by atoms with E-state index in [1.165, 1.54) is 0 Å². The van der Waals surface area contributed by atoms with Crippen molar-refractivity contribution < 1.29 is 0 Å². The average Bonchev–Trinajstić information content (AvgIpc) is 2.05. The third kappa shape index (κ3) is 1.39. The predicted molar refractivity (Wildman–Crippen MR) is 42.5 cm³/mol. The highest BCUT2D eigenvalue weighted by Crippen LogP contribution is 2.11. The van der Waals surface area contributed by atoms with Crippen LogP contribution in [-0.4, -0.2) is 0 Å². The van der Waals surface area contributed by atoms with E-state index < -0.39 is 0 Å². The lowest BCUT2D eigenvalue weighted by Crippen LogP contribution is -1.86. The highest BCUT2D eigenvalue weighted by molar-refractivity contribution is 5.24. The Labute approximate surface area is 61.9 Å². The fraction of sp³-hybridized carbons (Fsp3) is 0.200. The van der Waals surface area contributed by atoms with Crippen molar-refractivity contribution in [2.45, 2.75) is 12.8 Å². The van der Waals surface area contributed by atoms with Crippen molar-refractivity contribution in [1.82, 2.24) is 0 Å². The van der Waals surface area contributed by atoms with E-state index in [9.17, 15) is 0 Å². The third-order valence-electron chi connectivity index (χ3n) is 1.48. The molecule has 0 heteroatoms. The molecule has 1 unspecified atom stereocenters. The van der Waals surface area contributed by atoms with Gasteiger partial charge in [0.25, 0.3) is 0 Å². The fourth-order valence-corrected chi connectivity index (χ4v) is 0.773. The molecule has 49 valence electrons. The Morgan fingerprint density at radius 1 is 1.70 bits per heavy atom. The molecule has 0 aliphatic rings. The molecule has 1 aromatic carbocycles. The number of hydrogen-bond acceptors (Lipinski definition) is 0. The van der Waals surface area contributed by atoms with Crippen LogP contribution >= 0.6 is 0 Å². The maximum absolute atomic E-state index is 5.24. The van der Waals surface area contributed by atoms with Crippen molar-refractivity contribution in [3.05, 3.63) is 35.9 Å². The summed E-state index contributed by atoms with van der Waals surface area (Å²) in [5, 5.41) is 0. The van der Waals surface area contributed by atoms with Crippen LogP contribution < -0.4 is 0 Å². The summed E-state index contributed by atoms with van der Waals surface area (Å²) in [4.78, 5) is 0. The smallest absolute Gasteiger partial charge is 0.0421 e. The van der Waals surface area contributed by atoms with Crippen LogP contribution in [0, 0.1) is 18.4 Å². The van der Waals surface area contributed by atoms with Gasteiger partial charge < -0.3 is 0 Å². The van der Waals surface area contributed by atoms with Gasteiger partial charge in [0.2, 0.25) is 0 Å². The number of benzene rings is 1. The molecular weight excluding hydrogens is 120 g/mol. The summed E-state index contributed by atoms with van der Waals surface area (Å²) in [5.41, 5.74) is 1.16. The Morgan fingerprint density at radius 2 is 2.50 bits per heavy atom. The largest absolute Gasteiger partial charge is 0.119 e. The van der Waals surface area contributed by atoms with Crippen LogP contribution in [0.15, 0.2) is 24.3 Å². The summed E-state index contributed by atoms with van der Waals surface area (Å²) in [5.74, 6) is 2.87. The zero-order valence-electron chi connectivity index (χ0n) is 5.96. The molecule has 0 saturated heterocycles. The van der Waals surface area contributed by atoms with Crippen molar-refractivity contribution in [2.24, 2.45) is 0 Å². The molecule has 0 saturated carbocycles. The van der Waals surface area contributed by atoms with E-state index in [0.717, 1.165) is 5.56 Å². The highest BCUT2D eigenvalue weighted by atomic mass is 14.0. The van der Waals surface area contributed by atoms with Crippen LogP contribution in [0.5, 0.6) is 0 Å². The molecule has 1 atom stereocenters. The molecule has 1 aromatic rings. The molecule has 1 radical (unpaired) electrons. The van der Waals surface area contributed by atoms with Gasteiger partial charge in [-0.15, -0.1) is 6.42 Å². The van der Waals surface area contributed by atoms with Gasteiger partial charge in [0, 0.05) is 5.92 Å². The first-order valence-electron chi connectivity index (χ1n) is 3.26. The normalized spacial score (nSPS) is 12.0. The molecule has 0 aromatic heterocycles. The molecule has 1 rings (SSSR count). The molecule has 0 fully saturated rings. The minimum atomic E-state index is 0.206. The van der Waals surface area contributed by atoms with E-state index in [2.05, 4.69) is 12.0 Å². The lowest BCUT2D eigenvalue weighted by Gasteiger charge is -2.00. The Kier molecular flexibility index (Phi) is 2.12. The van der Waals surface area contributed by atoms with Crippen LogP contribution in [0.2, 0.25) is 0 Å². The van der Waals surface area contributed by atoms with Gasteiger partial charge in [0.1, 0.15) is 0 Å². The first-order valence-corrected chi connectivity index (χ1v) is 3.26. The van der Waals surface area contributed by atoms with Crippen LogP contribution in [0.4, 0.5) is 0 Å². The summed E-state index contributed by atoms with van der Waals surface area (Å²) in [6.45, 7) is 2.00. The Bertz CT molecular complexity index is 228. The topological polar surface area (TPSA) is 0 Å². The minimum absolute atomic E-state index is 0.206. The van der Waals surface area contributed by atoms with Gasteiger partial charge in [-0.2, -0.15) is 0 Å². The molecule has 0 nitrogen and oxygen atoms in total. The number of hydrogen-bond donors (Lipinski definition) is 0. The van der Waals surface area contributed by atoms with Gasteiger partial charge in [-0.05, 0) is 24.6 Å². The summed E-state index contributed by atoms with van der Waals surface area (Å²) >= 11 is 0. The van der Waals surface area contributed by atoms with E-state index >= 15 is 0 Å². The van der Waals surface area contributed by atoms with Crippen molar-refractivity contribution in [3.63, 3.8) is 0 Å². The lowest BCUT2D eigenvalue weighted by molar-refractivity contribution is 1.01. The molecule has 0 bridgehead atoms. The van der Waals surface area contributed by atoms with E-state index in [0.29, 0.717) is 0 Å². The third-order valence-corrected chi connectivity index (χ3v) is 1.48. The van der Waals surface area contributed by atoms with Crippen LogP contribution in [0.25, 0.3) is 0 Å². The van der Waals surface area contributed by atoms with E-state index in [1.54, 1.807) is 0 Å². The van der Waals surface area contributed by atoms with E-state index in [-0.39, 0.29) is 5.92 Å². The first kappa shape index (κ1) is 6.89. The quantitative estimate of drug-likeness (QED) is 0.510. The van der Waals surface area contributed by atoms with Gasteiger partial charge in [0.15, 0.2) is 0 Å². The summed E-state index contributed by atoms with van der Waals surface area (Å²) in [6, 6.07) is 10.7. The monoisotopic (exact) mass is 129 g/mol. The SMILES string of the molecule is C#CC(C)c1c[c]ccc1. The van der Waals surface area contributed by atoms with Gasteiger partial charge in [-0.1, -0.05) is 24.1 Å². The van der Waals surface area contributed by atoms with Crippen LogP contribution in [-0.2, 0) is 0 Å². The Balaban J connectivity index is 2.88. The van der Waals surface area contributed by atoms with Gasteiger partial charge in [-0.25, -0.2) is 0 Å². The summed E-state index contributed by atoms with van der Waals surface area (Å²) in [7, 11) is 0. The van der Waals surface area contributed by atoms with Gasteiger partial charge >= 0.3 is 0 Å². The van der Waals surface area contributed by atoms with Crippen molar-refractivity contribution >= 4 is 0 Å². The standard InChI is InChI=1S/C10H9/c1-3-9(2)10-7-5-4-6-8-10/h1,4-5,7-9H,2H3. The molecule has 0 spiro atoms. The fourth-order valence-electron chi connectivity index (χ4n) is 0.773. The van der Waals surface area contributed by atoms with Crippen molar-refractivity contribution in [3.8, 4) is 12.3 Å². The minimum Gasteiger partial charge on any atom is -0.119 e. The average molecular weight is 129 g/mol. The maximum atomic E-state index is 5.24. The first-order chi connectivity index (χ1) is 4.84. The molecule has 0 aliphatic heterocycles. The maximum Gasteiger partial charge on any atom is 0.0421 e. The number of terminal acetylenes is 1. The second-order valence-electron chi connectivity index (χ2n) is 2.23. The second kappa shape index (κ2) is 3.08. The molecule has 0 aliphatic carbocycles. The van der Waals surface area contributed by atoms with E-state index in [4.69, 9.17) is 6.42 Å². The van der Waals surface area contributed by atoms with Gasteiger partial charge in [0.05, 0.1) is 0 Å². The lowest BCUT2D eigenvalue weighted by atomic mass is 10.0. The molecule has 0 heterocycles. The molecule has 0 amide bonds. The summed E-state index contributed by atoms with van der Waals surface area (Å²) in [6.07, 6.45) is 5.24. The highest BCUT2D eigenvalue weighted by Gasteiger charge is 1.97. The van der Waals surface area contributed by atoms with Gasteiger partial charge in [-0.3, -0.25) is 0 Å². The molecule has 0 N–H and O–H groups in total. The Morgan fingerprint density at radius 3 is 3.00 bits per heavy atom. The predicted octanol–water partition coefficient (Wildman–Crippen LogP) is 2.22. The zero-order valence-corrected chi connectivity index (χ0v) is 5.96. The zero-order chi connectivity index (χ0) is 7.40. The van der Waals surface area contributed by atoms with Crippen LogP contribution in [0.3, 0.4) is 0 Å². The second-order valence-corrected chi connectivity index (χ2v) is 2.23. The Hall–Kier alpha value is -1.22. The van der Waals surface area contributed by atoms with Crippen molar-refractivity contribution in [2.75, 3.05) is 0 Å². The number of rotatable bonds is 1. The molecule has 10 heavy (non-hydrogen) atoms.